The molecular weight excluding hydrogens is 266 g/mol. The van der Waals surface area contributed by atoms with E-state index < -0.39 is 0 Å². The first-order chi connectivity index (χ1) is 9.78. The van der Waals surface area contributed by atoms with E-state index in [1.807, 2.05) is 23.9 Å². The third-order valence-electron chi connectivity index (χ3n) is 3.64. The van der Waals surface area contributed by atoms with Gasteiger partial charge < -0.3 is 10.5 Å². The molecule has 0 aromatic heterocycles. The van der Waals surface area contributed by atoms with Crippen molar-refractivity contribution in [2.24, 2.45) is 5.73 Å². The predicted octanol–water partition coefficient (Wildman–Crippen LogP) is 3.55. The minimum absolute atomic E-state index is 0.498. The Kier molecular flexibility index (Phi) is 3.99. The van der Waals surface area contributed by atoms with Crippen LogP contribution in [0.3, 0.4) is 0 Å². The number of benzene rings is 2. The van der Waals surface area contributed by atoms with E-state index >= 15 is 0 Å². The molecule has 1 unspecified atom stereocenters. The summed E-state index contributed by atoms with van der Waals surface area (Å²) in [5.41, 5.74) is 9.48. The molecule has 2 aromatic rings. The number of ether oxygens (including phenoxy) is 1. The molecule has 1 heterocycles. The van der Waals surface area contributed by atoms with Crippen LogP contribution in [0.15, 0.2) is 47.4 Å². The largest absolute Gasteiger partial charge is 0.492 e. The summed E-state index contributed by atoms with van der Waals surface area (Å²) in [5.74, 6) is 0.964. The first-order valence-electron chi connectivity index (χ1n) is 6.94. The van der Waals surface area contributed by atoms with Gasteiger partial charge in [-0.15, -0.1) is 11.8 Å². The molecule has 0 amide bonds. The standard InChI is InChI=1S/C17H19NOS/c1-12-5-4-7-14(10-18)17(12)19-11-15-9-13-6-2-3-8-16(13)20-15/h2-8,15H,9-11,18H2,1H3. The van der Waals surface area contributed by atoms with Crippen LogP contribution in [0.4, 0.5) is 0 Å². The second-order valence-corrected chi connectivity index (χ2v) is 6.47. The van der Waals surface area contributed by atoms with E-state index in [1.54, 1.807) is 0 Å². The normalized spacial score (nSPS) is 17.0. The SMILES string of the molecule is Cc1cccc(CN)c1OCC1Cc2ccccc2S1. The van der Waals surface area contributed by atoms with Gasteiger partial charge in [0.1, 0.15) is 12.4 Å². The molecule has 0 spiro atoms. The topological polar surface area (TPSA) is 35.2 Å². The van der Waals surface area contributed by atoms with E-state index in [2.05, 4.69) is 37.3 Å². The van der Waals surface area contributed by atoms with Gasteiger partial charge in [0.25, 0.3) is 0 Å². The third-order valence-corrected chi connectivity index (χ3v) is 4.93. The molecule has 0 aliphatic carbocycles. The molecule has 0 saturated carbocycles. The number of aryl methyl sites for hydroxylation is 1. The van der Waals surface area contributed by atoms with Gasteiger partial charge in [-0.1, -0.05) is 36.4 Å². The molecule has 0 fully saturated rings. The van der Waals surface area contributed by atoms with Crippen molar-refractivity contribution < 1.29 is 4.74 Å². The van der Waals surface area contributed by atoms with Gasteiger partial charge in [0.2, 0.25) is 0 Å². The van der Waals surface area contributed by atoms with Crippen LogP contribution in [0.1, 0.15) is 16.7 Å². The van der Waals surface area contributed by atoms with Crippen molar-refractivity contribution >= 4 is 11.8 Å². The smallest absolute Gasteiger partial charge is 0.126 e. The van der Waals surface area contributed by atoms with Gasteiger partial charge in [0.05, 0.1) is 0 Å². The molecule has 1 aliphatic heterocycles. The van der Waals surface area contributed by atoms with E-state index in [9.17, 15) is 0 Å². The van der Waals surface area contributed by atoms with Gasteiger partial charge >= 0.3 is 0 Å². The van der Waals surface area contributed by atoms with Crippen LogP contribution in [0, 0.1) is 6.92 Å². The van der Waals surface area contributed by atoms with Crippen molar-refractivity contribution in [3.05, 3.63) is 59.2 Å². The van der Waals surface area contributed by atoms with E-state index in [1.165, 1.54) is 10.5 Å². The summed E-state index contributed by atoms with van der Waals surface area (Å²) in [7, 11) is 0. The summed E-state index contributed by atoms with van der Waals surface area (Å²) in [5, 5.41) is 0.498. The van der Waals surface area contributed by atoms with Crippen LogP contribution < -0.4 is 10.5 Å². The summed E-state index contributed by atoms with van der Waals surface area (Å²) in [6, 6.07) is 14.8. The molecule has 3 rings (SSSR count). The molecule has 0 radical (unpaired) electrons. The second-order valence-electron chi connectivity index (χ2n) is 5.13. The van der Waals surface area contributed by atoms with Crippen molar-refractivity contribution in [1.82, 2.24) is 0 Å². The average molecular weight is 285 g/mol. The molecule has 20 heavy (non-hydrogen) atoms. The Morgan fingerprint density at radius 3 is 2.85 bits per heavy atom. The van der Waals surface area contributed by atoms with Crippen LogP contribution in [0.25, 0.3) is 0 Å². The highest BCUT2D eigenvalue weighted by molar-refractivity contribution is 8.00. The van der Waals surface area contributed by atoms with Gasteiger partial charge in [0, 0.05) is 22.3 Å². The Bertz CT molecular complexity index is 587. The molecule has 104 valence electrons. The van der Waals surface area contributed by atoms with Crippen LogP contribution in [-0.2, 0) is 13.0 Å². The van der Waals surface area contributed by atoms with Crippen LogP contribution >= 0.6 is 11.8 Å². The van der Waals surface area contributed by atoms with Crippen molar-refractivity contribution in [3.8, 4) is 5.75 Å². The fourth-order valence-corrected chi connectivity index (χ4v) is 3.82. The lowest BCUT2D eigenvalue weighted by atomic mass is 10.1. The van der Waals surface area contributed by atoms with Crippen molar-refractivity contribution in [2.75, 3.05) is 6.61 Å². The fourth-order valence-electron chi connectivity index (χ4n) is 2.60. The monoisotopic (exact) mass is 285 g/mol. The second kappa shape index (κ2) is 5.90. The first-order valence-corrected chi connectivity index (χ1v) is 7.82. The number of hydrogen-bond acceptors (Lipinski definition) is 3. The van der Waals surface area contributed by atoms with Gasteiger partial charge in [-0.2, -0.15) is 0 Å². The lowest BCUT2D eigenvalue weighted by molar-refractivity contribution is 0.312. The van der Waals surface area contributed by atoms with Crippen LogP contribution in [-0.4, -0.2) is 11.9 Å². The number of nitrogens with two attached hydrogens (primary N) is 1. The molecule has 0 saturated heterocycles. The lowest BCUT2D eigenvalue weighted by Gasteiger charge is -2.15. The number of hydrogen-bond donors (Lipinski definition) is 1. The molecule has 2 nitrogen and oxygen atoms in total. The van der Waals surface area contributed by atoms with Crippen LogP contribution in [0.5, 0.6) is 5.75 Å². The minimum Gasteiger partial charge on any atom is -0.492 e. The van der Waals surface area contributed by atoms with Gasteiger partial charge in [-0.05, 0) is 30.5 Å². The number of rotatable bonds is 4. The Hall–Kier alpha value is -1.45. The molecule has 2 aromatic carbocycles. The van der Waals surface area contributed by atoms with Crippen molar-refractivity contribution in [3.63, 3.8) is 0 Å². The minimum atomic E-state index is 0.498. The zero-order valence-corrected chi connectivity index (χ0v) is 12.5. The summed E-state index contributed by atoms with van der Waals surface area (Å²) < 4.78 is 6.07. The molecular formula is C17H19NOS. The first kappa shape index (κ1) is 13.5. The summed E-state index contributed by atoms with van der Waals surface area (Å²) in [4.78, 5) is 1.39. The van der Waals surface area contributed by atoms with Crippen molar-refractivity contribution in [2.45, 2.75) is 30.0 Å². The highest BCUT2D eigenvalue weighted by Crippen LogP contribution is 2.37. The predicted molar refractivity (Wildman–Crippen MR) is 84.4 cm³/mol. The van der Waals surface area contributed by atoms with Crippen molar-refractivity contribution in [1.29, 1.82) is 0 Å². The van der Waals surface area contributed by atoms with E-state index in [-0.39, 0.29) is 0 Å². The molecule has 1 atom stereocenters. The Morgan fingerprint density at radius 1 is 1.20 bits per heavy atom. The van der Waals surface area contributed by atoms with Crippen LogP contribution in [0.2, 0.25) is 0 Å². The Morgan fingerprint density at radius 2 is 2.05 bits per heavy atom. The maximum atomic E-state index is 6.07. The summed E-state index contributed by atoms with van der Waals surface area (Å²) in [6.45, 7) is 3.33. The average Bonchev–Trinajstić information content (AvgIpc) is 2.88. The van der Waals surface area contributed by atoms with E-state index in [4.69, 9.17) is 10.5 Å². The molecule has 1 aliphatic rings. The molecule has 0 bridgehead atoms. The van der Waals surface area contributed by atoms with E-state index in [0.29, 0.717) is 11.8 Å². The quantitative estimate of drug-likeness (QED) is 0.933. The summed E-state index contributed by atoms with van der Waals surface area (Å²) in [6.07, 6.45) is 1.09. The summed E-state index contributed by atoms with van der Waals surface area (Å²) >= 11 is 1.92. The zero-order valence-electron chi connectivity index (χ0n) is 11.6. The lowest BCUT2D eigenvalue weighted by Crippen LogP contribution is -2.15. The highest BCUT2D eigenvalue weighted by Gasteiger charge is 2.22. The Labute approximate surface area is 124 Å². The zero-order chi connectivity index (χ0) is 13.9. The number of para-hydroxylation sites is 1. The maximum Gasteiger partial charge on any atom is 0.126 e. The van der Waals surface area contributed by atoms with E-state index in [0.717, 1.165) is 29.9 Å². The van der Waals surface area contributed by atoms with Gasteiger partial charge in [-0.3, -0.25) is 0 Å². The molecule has 2 N–H and O–H groups in total. The van der Waals surface area contributed by atoms with Gasteiger partial charge in [-0.25, -0.2) is 0 Å². The fraction of sp³-hybridized carbons (Fsp3) is 0.294. The third kappa shape index (κ3) is 2.69. The molecule has 3 heteroatoms. The highest BCUT2D eigenvalue weighted by atomic mass is 32.2. The van der Waals surface area contributed by atoms with Gasteiger partial charge in [0.15, 0.2) is 0 Å². The maximum absolute atomic E-state index is 6.07. The number of fused-ring (bicyclic) bond motifs is 1. The number of thioether (sulfide) groups is 1. The Balaban J connectivity index is 1.67.